The maximum Gasteiger partial charge on any atom is 0.313 e. The third-order valence-corrected chi connectivity index (χ3v) is 3.40. The third kappa shape index (κ3) is 16.8. The van der Waals surface area contributed by atoms with Gasteiger partial charge in [0.05, 0.1) is 0 Å². The lowest BCUT2D eigenvalue weighted by molar-refractivity contribution is -0.158. The fraction of sp³-hybridized carbons (Fsp3) is 0.778. The van der Waals surface area contributed by atoms with Gasteiger partial charge in [0.1, 0.15) is 0 Å². The molecule has 0 spiro atoms. The second-order valence-electron chi connectivity index (χ2n) is 5.59. The predicted octanol–water partition coefficient (Wildman–Crippen LogP) is 5.33. The van der Waals surface area contributed by atoms with E-state index in [1.54, 1.807) is 0 Å². The van der Waals surface area contributed by atoms with Crippen LogP contribution in [0.5, 0.6) is 0 Å². The standard InChI is InChI=1S/C18H32O3/c1-3-4-5-6-7-8-9-10-11-12-13-14-15-16-18(20)21-17(2)19/h8-9H,3-7,10-16H2,1-2H3. The second kappa shape index (κ2) is 15.3. The zero-order valence-corrected chi connectivity index (χ0v) is 13.9. The molecular weight excluding hydrogens is 264 g/mol. The molecule has 0 radical (unpaired) electrons. The highest BCUT2D eigenvalue weighted by atomic mass is 16.6. The topological polar surface area (TPSA) is 43.4 Å². The monoisotopic (exact) mass is 296 g/mol. The van der Waals surface area contributed by atoms with Crippen LogP contribution in [0.3, 0.4) is 0 Å². The third-order valence-electron chi connectivity index (χ3n) is 3.40. The van der Waals surface area contributed by atoms with E-state index in [9.17, 15) is 9.59 Å². The molecule has 0 fully saturated rings. The summed E-state index contributed by atoms with van der Waals surface area (Å²) >= 11 is 0. The van der Waals surface area contributed by atoms with Gasteiger partial charge in [0.25, 0.3) is 0 Å². The molecule has 0 aromatic carbocycles. The van der Waals surface area contributed by atoms with E-state index in [2.05, 4.69) is 23.8 Å². The summed E-state index contributed by atoms with van der Waals surface area (Å²) in [6.45, 7) is 3.50. The Bertz CT molecular complexity index is 295. The molecule has 3 nitrogen and oxygen atoms in total. The van der Waals surface area contributed by atoms with Crippen LogP contribution in [0, 0.1) is 0 Å². The molecule has 0 aliphatic rings. The minimum atomic E-state index is -0.513. The smallest absolute Gasteiger partial charge is 0.313 e. The van der Waals surface area contributed by atoms with E-state index in [1.807, 2.05) is 0 Å². The van der Waals surface area contributed by atoms with Crippen molar-refractivity contribution in [1.82, 2.24) is 0 Å². The highest BCUT2D eigenvalue weighted by Gasteiger charge is 2.04. The number of esters is 2. The van der Waals surface area contributed by atoms with Gasteiger partial charge < -0.3 is 4.74 Å². The summed E-state index contributed by atoms with van der Waals surface area (Å²) in [5.41, 5.74) is 0. The van der Waals surface area contributed by atoms with E-state index in [0.717, 1.165) is 19.3 Å². The molecule has 0 aliphatic heterocycles. The number of hydrogen-bond donors (Lipinski definition) is 0. The van der Waals surface area contributed by atoms with Crippen molar-refractivity contribution in [3.63, 3.8) is 0 Å². The molecule has 0 bridgehead atoms. The van der Waals surface area contributed by atoms with Crippen LogP contribution in [-0.2, 0) is 14.3 Å². The second-order valence-corrected chi connectivity index (χ2v) is 5.59. The number of allylic oxidation sites excluding steroid dienone is 2. The van der Waals surface area contributed by atoms with Gasteiger partial charge in [-0.15, -0.1) is 0 Å². The molecule has 0 unspecified atom stereocenters. The minimum Gasteiger partial charge on any atom is -0.393 e. The van der Waals surface area contributed by atoms with E-state index in [0.29, 0.717) is 6.42 Å². The van der Waals surface area contributed by atoms with Crippen LogP contribution in [0.15, 0.2) is 12.2 Å². The van der Waals surface area contributed by atoms with Crippen molar-refractivity contribution in [2.45, 2.75) is 90.9 Å². The lowest BCUT2D eigenvalue weighted by Gasteiger charge is -2.01. The first-order valence-corrected chi connectivity index (χ1v) is 8.53. The van der Waals surface area contributed by atoms with Crippen molar-refractivity contribution >= 4 is 11.9 Å². The molecule has 0 aliphatic carbocycles. The summed E-state index contributed by atoms with van der Waals surface area (Å²) in [5.74, 6) is -0.907. The molecule has 0 rings (SSSR count). The average Bonchev–Trinajstić information content (AvgIpc) is 2.43. The van der Waals surface area contributed by atoms with Gasteiger partial charge in [-0.3, -0.25) is 9.59 Å². The summed E-state index contributed by atoms with van der Waals surface area (Å²) in [6, 6.07) is 0. The number of rotatable bonds is 13. The molecule has 0 N–H and O–H groups in total. The van der Waals surface area contributed by atoms with E-state index in [1.165, 1.54) is 58.3 Å². The van der Waals surface area contributed by atoms with E-state index >= 15 is 0 Å². The SMILES string of the molecule is CCCCCCC=CCCCCCCCC(=O)OC(C)=O. The molecule has 0 amide bonds. The molecule has 0 saturated heterocycles. The van der Waals surface area contributed by atoms with Gasteiger partial charge in [0.15, 0.2) is 0 Å². The predicted molar refractivity (Wildman–Crippen MR) is 87.0 cm³/mol. The first kappa shape index (κ1) is 19.9. The highest BCUT2D eigenvalue weighted by molar-refractivity contribution is 5.83. The molecule has 0 aromatic rings. The van der Waals surface area contributed by atoms with Crippen molar-refractivity contribution in [2.75, 3.05) is 0 Å². The molecule has 21 heavy (non-hydrogen) atoms. The quantitative estimate of drug-likeness (QED) is 0.199. The Kier molecular flexibility index (Phi) is 14.5. The van der Waals surface area contributed by atoms with Gasteiger partial charge in [-0.1, -0.05) is 57.6 Å². The summed E-state index contributed by atoms with van der Waals surface area (Å²) in [5, 5.41) is 0. The van der Waals surface area contributed by atoms with Crippen molar-refractivity contribution in [1.29, 1.82) is 0 Å². The Morgan fingerprint density at radius 1 is 0.810 bits per heavy atom. The number of carbonyl (C=O) groups excluding carboxylic acids is 2. The molecule has 3 heteroatoms. The Labute approximate surface area is 130 Å². The van der Waals surface area contributed by atoms with Gasteiger partial charge in [0.2, 0.25) is 0 Å². The average molecular weight is 296 g/mol. The Hall–Kier alpha value is -1.12. The normalized spacial score (nSPS) is 11.0. The molecule has 122 valence electrons. The zero-order valence-electron chi connectivity index (χ0n) is 13.9. The fourth-order valence-corrected chi connectivity index (χ4v) is 2.20. The number of hydrogen-bond acceptors (Lipinski definition) is 3. The van der Waals surface area contributed by atoms with Gasteiger partial charge in [-0.05, 0) is 32.1 Å². The minimum absolute atomic E-state index is 0.358. The molecular formula is C18H32O3. The van der Waals surface area contributed by atoms with Crippen molar-refractivity contribution in [2.24, 2.45) is 0 Å². The molecule has 0 heterocycles. The lowest BCUT2D eigenvalue weighted by atomic mass is 10.1. The van der Waals surface area contributed by atoms with E-state index in [4.69, 9.17) is 0 Å². The largest absolute Gasteiger partial charge is 0.393 e. The van der Waals surface area contributed by atoms with Crippen LogP contribution in [0.4, 0.5) is 0 Å². The summed E-state index contributed by atoms with van der Waals surface area (Å²) in [6.07, 6.45) is 18.1. The van der Waals surface area contributed by atoms with Gasteiger partial charge in [-0.25, -0.2) is 0 Å². The maximum atomic E-state index is 11.1. The zero-order chi connectivity index (χ0) is 15.8. The van der Waals surface area contributed by atoms with Gasteiger partial charge >= 0.3 is 11.9 Å². The fourth-order valence-electron chi connectivity index (χ4n) is 2.20. The van der Waals surface area contributed by atoms with Gasteiger partial charge in [-0.2, -0.15) is 0 Å². The molecule has 0 saturated carbocycles. The van der Waals surface area contributed by atoms with Crippen LogP contribution in [-0.4, -0.2) is 11.9 Å². The van der Waals surface area contributed by atoms with E-state index in [-0.39, 0.29) is 0 Å². The van der Waals surface area contributed by atoms with Crippen LogP contribution < -0.4 is 0 Å². The van der Waals surface area contributed by atoms with Crippen molar-refractivity contribution in [3.8, 4) is 0 Å². The number of unbranched alkanes of at least 4 members (excludes halogenated alkanes) is 9. The van der Waals surface area contributed by atoms with Crippen molar-refractivity contribution in [3.05, 3.63) is 12.2 Å². The van der Waals surface area contributed by atoms with Crippen LogP contribution in [0.2, 0.25) is 0 Å². The first-order valence-electron chi connectivity index (χ1n) is 8.53. The number of carbonyl (C=O) groups is 2. The van der Waals surface area contributed by atoms with Gasteiger partial charge in [0, 0.05) is 13.3 Å². The van der Waals surface area contributed by atoms with Crippen LogP contribution >= 0.6 is 0 Å². The Balaban J connectivity index is 3.20. The maximum absolute atomic E-state index is 11.1. The first-order chi connectivity index (χ1) is 10.2. The van der Waals surface area contributed by atoms with E-state index < -0.39 is 11.9 Å². The van der Waals surface area contributed by atoms with Crippen LogP contribution in [0.1, 0.15) is 90.9 Å². The Morgan fingerprint density at radius 3 is 1.90 bits per heavy atom. The van der Waals surface area contributed by atoms with Crippen molar-refractivity contribution < 1.29 is 14.3 Å². The lowest BCUT2D eigenvalue weighted by Crippen LogP contribution is -2.08. The molecule has 0 atom stereocenters. The summed E-state index contributed by atoms with van der Waals surface area (Å²) in [4.78, 5) is 21.6. The van der Waals surface area contributed by atoms with Crippen LogP contribution in [0.25, 0.3) is 0 Å². The number of ether oxygens (including phenoxy) is 1. The highest BCUT2D eigenvalue weighted by Crippen LogP contribution is 2.09. The summed E-state index contributed by atoms with van der Waals surface area (Å²) in [7, 11) is 0. The Morgan fingerprint density at radius 2 is 1.33 bits per heavy atom. The molecule has 0 aromatic heterocycles. The summed E-state index contributed by atoms with van der Waals surface area (Å²) < 4.78 is 4.47.